The lowest BCUT2D eigenvalue weighted by atomic mass is 9.95. The van der Waals surface area contributed by atoms with Gasteiger partial charge in [0.2, 0.25) is 11.8 Å². The van der Waals surface area contributed by atoms with Gasteiger partial charge < -0.3 is 15.0 Å². The summed E-state index contributed by atoms with van der Waals surface area (Å²) in [5.74, 6) is -0.114. The van der Waals surface area contributed by atoms with Crippen molar-refractivity contribution in [3.05, 3.63) is 0 Å². The summed E-state index contributed by atoms with van der Waals surface area (Å²) in [5, 5.41) is 7.01. The summed E-state index contributed by atoms with van der Waals surface area (Å²) in [4.78, 5) is 41.1. The highest BCUT2D eigenvalue weighted by atomic mass is 16.5. The standard InChI is InChI=1S/C21H37N5O4/c1-17(27)26(12-7-20(28)30-2)25-10-5-18(6-11-25)21(29)24-15-13-23(14-16-24)19-3-8-22-9-4-19/h18-19,22H,3-16H2,1-2H3. The third-order valence-corrected chi connectivity index (χ3v) is 6.73. The van der Waals surface area contributed by atoms with Crippen LogP contribution in [-0.4, -0.2) is 110 Å². The van der Waals surface area contributed by atoms with Crippen LogP contribution in [0.3, 0.4) is 0 Å². The van der Waals surface area contributed by atoms with Crippen molar-refractivity contribution in [3.8, 4) is 0 Å². The number of esters is 1. The van der Waals surface area contributed by atoms with E-state index < -0.39 is 0 Å². The van der Waals surface area contributed by atoms with Crippen LogP contribution in [0.5, 0.6) is 0 Å². The molecule has 1 N–H and O–H groups in total. The van der Waals surface area contributed by atoms with E-state index in [0.29, 0.717) is 25.7 Å². The summed E-state index contributed by atoms with van der Waals surface area (Å²) in [6.45, 7) is 8.93. The molecule has 0 saturated carbocycles. The molecule has 3 aliphatic rings. The number of ether oxygens (including phenoxy) is 1. The predicted octanol–water partition coefficient (Wildman–Crippen LogP) is -0.0788. The first-order chi connectivity index (χ1) is 14.5. The topological polar surface area (TPSA) is 85.4 Å². The predicted molar refractivity (Wildman–Crippen MR) is 112 cm³/mol. The van der Waals surface area contributed by atoms with Crippen molar-refractivity contribution in [2.75, 3.05) is 66.0 Å². The molecule has 170 valence electrons. The van der Waals surface area contributed by atoms with Crippen molar-refractivity contribution in [2.45, 2.75) is 45.1 Å². The van der Waals surface area contributed by atoms with Crippen molar-refractivity contribution < 1.29 is 19.1 Å². The van der Waals surface area contributed by atoms with Gasteiger partial charge in [0.15, 0.2) is 0 Å². The van der Waals surface area contributed by atoms with Crippen LogP contribution < -0.4 is 5.32 Å². The molecule has 0 aromatic rings. The summed E-state index contributed by atoms with van der Waals surface area (Å²) >= 11 is 0. The van der Waals surface area contributed by atoms with E-state index in [1.165, 1.54) is 26.9 Å². The zero-order chi connectivity index (χ0) is 21.5. The van der Waals surface area contributed by atoms with E-state index in [1.807, 2.05) is 9.91 Å². The maximum atomic E-state index is 13.0. The minimum Gasteiger partial charge on any atom is -0.469 e. The average Bonchev–Trinajstić information content (AvgIpc) is 2.79. The fourth-order valence-electron chi connectivity index (χ4n) is 4.89. The van der Waals surface area contributed by atoms with Gasteiger partial charge in [0.05, 0.1) is 13.5 Å². The van der Waals surface area contributed by atoms with E-state index >= 15 is 0 Å². The van der Waals surface area contributed by atoms with Crippen molar-refractivity contribution in [3.63, 3.8) is 0 Å². The van der Waals surface area contributed by atoms with Crippen LogP contribution in [0.15, 0.2) is 0 Å². The Bertz CT molecular complexity index is 594. The second kappa shape index (κ2) is 11.1. The SMILES string of the molecule is COC(=O)CCN(C(C)=O)N1CCC(C(=O)N2CCN(C3CCNCC3)CC2)CC1. The largest absolute Gasteiger partial charge is 0.469 e. The first-order valence-corrected chi connectivity index (χ1v) is 11.3. The first kappa shape index (κ1) is 23.0. The van der Waals surface area contributed by atoms with Gasteiger partial charge in [-0.3, -0.25) is 24.3 Å². The second-order valence-electron chi connectivity index (χ2n) is 8.54. The van der Waals surface area contributed by atoms with Crippen molar-refractivity contribution >= 4 is 17.8 Å². The number of nitrogens with one attached hydrogen (secondary N) is 1. The van der Waals surface area contributed by atoms with E-state index in [2.05, 4.69) is 15.0 Å². The van der Waals surface area contributed by atoms with Crippen molar-refractivity contribution in [1.29, 1.82) is 0 Å². The molecule has 30 heavy (non-hydrogen) atoms. The number of methoxy groups -OCH3 is 1. The monoisotopic (exact) mass is 423 g/mol. The highest BCUT2D eigenvalue weighted by Crippen LogP contribution is 2.23. The van der Waals surface area contributed by atoms with E-state index in [4.69, 9.17) is 0 Å². The average molecular weight is 424 g/mol. The Hall–Kier alpha value is -1.71. The van der Waals surface area contributed by atoms with Crippen LogP contribution >= 0.6 is 0 Å². The third kappa shape index (κ3) is 5.92. The number of hydrogen-bond donors (Lipinski definition) is 1. The molecular weight excluding hydrogens is 386 g/mol. The Morgan fingerprint density at radius 3 is 2.17 bits per heavy atom. The molecule has 3 fully saturated rings. The highest BCUT2D eigenvalue weighted by Gasteiger charge is 2.33. The molecule has 0 aromatic heterocycles. The number of hydrogen-bond acceptors (Lipinski definition) is 7. The molecule has 2 amide bonds. The number of rotatable bonds is 6. The third-order valence-electron chi connectivity index (χ3n) is 6.73. The van der Waals surface area contributed by atoms with E-state index in [1.54, 1.807) is 5.01 Å². The number of piperazine rings is 1. The minimum absolute atomic E-state index is 0.0288. The first-order valence-electron chi connectivity index (χ1n) is 11.3. The Labute approximate surface area is 179 Å². The van der Waals surface area contributed by atoms with Gasteiger partial charge in [0.25, 0.3) is 0 Å². The Morgan fingerprint density at radius 2 is 1.60 bits per heavy atom. The molecule has 0 atom stereocenters. The molecular formula is C21H37N5O4. The summed E-state index contributed by atoms with van der Waals surface area (Å²) in [6.07, 6.45) is 4.07. The lowest BCUT2D eigenvalue weighted by molar-refractivity contribution is -0.154. The van der Waals surface area contributed by atoms with Gasteiger partial charge in [-0.15, -0.1) is 0 Å². The molecule has 3 heterocycles. The molecule has 0 radical (unpaired) electrons. The maximum Gasteiger partial charge on any atom is 0.307 e. The smallest absolute Gasteiger partial charge is 0.307 e. The summed E-state index contributed by atoms with van der Waals surface area (Å²) in [6, 6.07) is 0.661. The number of nitrogens with zero attached hydrogens (tertiary/aromatic N) is 4. The molecule has 0 aliphatic carbocycles. The van der Waals surface area contributed by atoms with E-state index in [-0.39, 0.29) is 30.1 Å². The van der Waals surface area contributed by atoms with Gasteiger partial charge in [-0.2, -0.15) is 0 Å². The van der Waals surface area contributed by atoms with Gasteiger partial charge in [-0.05, 0) is 38.8 Å². The van der Waals surface area contributed by atoms with Crippen LogP contribution in [-0.2, 0) is 19.1 Å². The molecule has 0 unspecified atom stereocenters. The second-order valence-corrected chi connectivity index (χ2v) is 8.54. The van der Waals surface area contributed by atoms with Crippen LogP contribution in [0.1, 0.15) is 39.0 Å². The number of carbonyl (C=O) groups excluding carboxylic acids is 3. The number of carbonyl (C=O) groups is 3. The zero-order valence-corrected chi connectivity index (χ0v) is 18.5. The molecule has 9 heteroatoms. The molecule has 9 nitrogen and oxygen atoms in total. The Balaban J connectivity index is 1.43. The summed E-state index contributed by atoms with van der Waals surface area (Å²) in [7, 11) is 1.35. The molecule has 3 rings (SSSR count). The quantitative estimate of drug-likeness (QED) is 0.598. The Kier molecular flexibility index (Phi) is 8.47. The van der Waals surface area contributed by atoms with E-state index in [9.17, 15) is 14.4 Å². The van der Waals surface area contributed by atoms with Gasteiger partial charge >= 0.3 is 5.97 Å². The van der Waals surface area contributed by atoms with Crippen LogP contribution in [0, 0.1) is 5.92 Å². The van der Waals surface area contributed by atoms with Gasteiger partial charge in [-0.25, -0.2) is 5.01 Å². The number of hydrazine groups is 1. The summed E-state index contributed by atoms with van der Waals surface area (Å²) < 4.78 is 4.68. The molecule has 3 saturated heterocycles. The highest BCUT2D eigenvalue weighted by molar-refractivity contribution is 5.79. The summed E-state index contributed by atoms with van der Waals surface area (Å²) in [5.41, 5.74) is 0. The molecule has 0 aromatic carbocycles. The molecule has 0 bridgehead atoms. The fourth-order valence-corrected chi connectivity index (χ4v) is 4.89. The van der Waals surface area contributed by atoms with Gasteiger partial charge in [0, 0.05) is 64.7 Å². The normalized spacial score (nSPS) is 22.7. The van der Waals surface area contributed by atoms with Gasteiger partial charge in [-0.1, -0.05) is 0 Å². The van der Waals surface area contributed by atoms with Crippen LogP contribution in [0.25, 0.3) is 0 Å². The van der Waals surface area contributed by atoms with Gasteiger partial charge in [0.1, 0.15) is 0 Å². The van der Waals surface area contributed by atoms with Crippen molar-refractivity contribution in [2.24, 2.45) is 5.92 Å². The fraction of sp³-hybridized carbons (Fsp3) is 0.857. The van der Waals surface area contributed by atoms with E-state index in [0.717, 1.165) is 52.1 Å². The Morgan fingerprint density at radius 1 is 0.967 bits per heavy atom. The molecule has 0 spiro atoms. The minimum atomic E-state index is -0.324. The van der Waals surface area contributed by atoms with Crippen molar-refractivity contribution in [1.82, 2.24) is 25.1 Å². The zero-order valence-electron chi connectivity index (χ0n) is 18.5. The lowest BCUT2D eigenvalue weighted by Gasteiger charge is -2.43. The number of piperidine rings is 2. The van der Waals surface area contributed by atoms with Crippen LogP contribution in [0.2, 0.25) is 0 Å². The van der Waals surface area contributed by atoms with Crippen LogP contribution in [0.4, 0.5) is 0 Å². The lowest BCUT2D eigenvalue weighted by Crippen LogP contribution is -2.56. The molecule has 3 aliphatic heterocycles. The number of amides is 2. The maximum absolute atomic E-state index is 13.0.